The third-order valence-electron chi connectivity index (χ3n) is 2.56. The summed E-state index contributed by atoms with van der Waals surface area (Å²) in [6.07, 6.45) is 2.65. The standard InChI is InChI=1S/C14H20N2O4/c1-9-5-6-15-8-10(9)7-11(12(17)18)16-13(19)20-14(2,3)4/h5-6,8,11H,7H2,1-4H3,(H,16,19)(H,17,18). The Labute approximate surface area is 118 Å². The summed E-state index contributed by atoms with van der Waals surface area (Å²) < 4.78 is 5.06. The van der Waals surface area contributed by atoms with Crippen LogP contribution in [0.5, 0.6) is 0 Å². The number of alkyl carbamates (subject to hydrolysis) is 1. The SMILES string of the molecule is Cc1ccncc1CC(NC(=O)OC(C)(C)C)C(=O)O. The number of rotatable bonds is 4. The van der Waals surface area contributed by atoms with Crippen molar-refractivity contribution in [3.05, 3.63) is 29.6 Å². The molecule has 0 spiro atoms. The first-order valence-electron chi connectivity index (χ1n) is 6.31. The fourth-order valence-corrected chi connectivity index (χ4v) is 1.58. The number of aryl methyl sites for hydroxylation is 1. The Bertz CT molecular complexity index is 494. The van der Waals surface area contributed by atoms with Crippen molar-refractivity contribution in [1.29, 1.82) is 0 Å². The van der Waals surface area contributed by atoms with Crippen molar-refractivity contribution in [1.82, 2.24) is 10.3 Å². The van der Waals surface area contributed by atoms with E-state index in [9.17, 15) is 14.7 Å². The van der Waals surface area contributed by atoms with Gasteiger partial charge in [-0.05, 0) is 44.9 Å². The second kappa shape index (κ2) is 6.36. The van der Waals surface area contributed by atoms with Gasteiger partial charge in [-0.25, -0.2) is 9.59 Å². The van der Waals surface area contributed by atoms with Gasteiger partial charge in [-0.2, -0.15) is 0 Å². The van der Waals surface area contributed by atoms with E-state index < -0.39 is 23.7 Å². The topological polar surface area (TPSA) is 88.5 Å². The van der Waals surface area contributed by atoms with Gasteiger partial charge >= 0.3 is 12.1 Å². The number of hydrogen-bond donors (Lipinski definition) is 2. The minimum absolute atomic E-state index is 0.161. The van der Waals surface area contributed by atoms with Crippen molar-refractivity contribution in [3.63, 3.8) is 0 Å². The first-order valence-corrected chi connectivity index (χ1v) is 6.31. The lowest BCUT2D eigenvalue weighted by atomic mass is 10.0. The van der Waals surface area contributed by atoms with Crippen LogP contribution >= 0.6 is 0 Å². The zero-order valence-corrected chi connectivity index (χ0v) is 12.1. The third kappa shape index (κ3) is 5.26. The quantitative estimate of drug-likeness (QED) is 0.879. The van der Waals surface area contributed by atoms with Gasteiger partial charge in [0.1, 0.15) is 11.6 Å². The average Bonchev–Trinajstić information content (AvgIpc) is 2.28. The average molecular weight is 280 g/mol. The van der Waals surface area contributed by atoms with Crippen LogP contribution in [0.4, 0.5) is 4.79 Å². The summed E-state index contributed by atoms with van der Waals surface area (Å²) in [6, 6.07) is 0.745. The lowest BCUT2D eigenvalue weighted by molar-refractivity contribution is -0.139. The monoisotopic (exact) mass is 280 g/mol. The molecule has 0 aliphatic rings. The summed E-state index contributed by atoms with van der Waals surface area (Å²) in [5.74, 6) is -1.11. The fourth-order valence-electron chi connectivity index (χ4n) is 1.58. The summed E-state index contributed by atoms with van der Waals surface area (Å²) >= 11 is 0. The van der Waals surface area contributed by atoms with Crippen molar-refractivity contribution in [2.75, 3.05) is 0 Å². The van der Waals surface area contributed by atoms with Gasteiger partial charge < -0.3 is 15.2 Å². The molecule has 1 unspecified atom stereocenters. The van der Waals surface area contributed by atoms with Crippen molar-refractivity contribution in [2.45, 2.75) is 45.8 Å². The molecular formula is C14H20N2O4. The number of carboxylic acid groups (broad SMARTS) is 1. The number of carbonyl (C=O) groups excluding carboxylic acids is 1. The van der Waals surface area contributed by atoms with E-state index in [1.54, 1.807) is 39.2 Å². The number of pyridine rings is 1. The number of aliphatic carboxylic acids is 1. The van der Waals surface area contributed by atoms with Crippen molar-refractivity contribution in [2.24, 2.45) is 0 Å². The van der Waals surface area contributed by atoms with Gasteiger partial charge in [-0.1, -0.05) is 0 Å². The Morgan fingerprint density at radius 1 is 1.45 bits per heavy atom. The molecule has 110 valence electrons. The van der Waals surface area contributed by atoms with Crippen LogP contribution in [0, 0.1) is 6.92 Å². The fraction of sp³-hybridized carbons (Fsp3) is 0.500. The molecule has 0 fully saturated rings. The van der Waals surface area contributed by atoms with Crippen molar-refractivity contribution in [3.8, 4) is 0 Å². The highest BCUT2D eigenvalue weighted by Gasteiger charge is 2.24. The molecular weight excluding hydrogens is 260 g/mol. The number of nitrogens with zero attached hydrogens (tertiary/aromatic N) is 1. The van der Waals surface area contributed by atoms with Crippen LogP contribution in [-0.4, -0.2) is 33.8 Å². The molecule has 2 N–H and O–H groups in total. The summed E-state index contributed by atoms with van der Waals surface area (Å²) in [4.78, 5) is 26.8. The molecule has 6 nitrogen and oxygen atoms in total. The summed E-state index contributed by atoms with van der Waals surface area (Å²) in [7, 11) is 0. The highest BCUT2D eigenvalue weighted by atomic mass is 16.6. The molecule has 0 aliphatic heterocycles. The molecule has 1 amide bonds. The number of carboxylic acids is 1. The highest BCUT2D eigenvalue weighted by molar-refractivity contribution is 5.80. The maximum atomic E-state index is 11.6. The maximum Gasteiger partial charge on any atom is 0.408 e. The molecule has 1 atom stereocenters. The van der Waals surface area contributed by atoms with Crippen molar-refractivity contribution < 1.29 is 19.4 Å². The van der Waals surface area contributed by atoms with E-state index in [-0.39, 0.29) is 6.42 Å². The number of amides is 1. The first-order chi connectivity index (χ1) is 9.19. The molecule has 0 radical (unpaired) electrons. The van der Waals surface area contributed by atoms with Gasteiger partial charge in [-0.15, -0.1) is 0 Å². The molecule has 1 rings (SSSR count). The molecule has 1 heterocycles. The van der Waals surface area contributed by atoms with E-state index in [1.807, 2.05) is 6.92 Å². The summed E-state index contributed by atoms with van der Waals surface area (Å²) in [5, 5.41) is 11.5. The van der Waals surface area contributed by atoms with Crippen LogP contribution in [0.1, 0.15) is 31.9 Å². The molecule has 0 bridgehead atoms. The Kier molecular flexibility index (Phi) is 5.07. The van der Waals surface area contributed by atoms with E-state index in [1.165, 1.54) is 0 Å². The molecule has 20 heavy (non-hydrogen) atoms. The van der Waals surface area contributed by atoms with E-state index in [2.05, 4.69) is 10.3 Å². The van der Waals surface area contributed by atoms with Gasteiger partial charge in [0.05, 0.1) is 0 Å². The third-order valence-corrected chi connectivity index (χ3v) is 2.56. The number of carbonyl (C=O) groups is 2. The predicted molar refractivity (Wildman–Crippen MR) is 73.5 cm³/mol. The second-order valence-electron chi connectivity index (χ2n) is 5.54. The maximum absolute atomic E-state index is 11.6. The van der Waals surface area contributed by atoms with Crippen LogP contribution in [0.25, 0.3) is 0 Å². The minimum Gasteiger partial charge on any atom is -0.480 e. The Hall–Kier alpha value is -2.11. The predicted octanol–water partition coefficient (Wildman–Crippen LogP) is 1.91. The molecule has 1 aromatic rings. The Morgan fingerprint density at radius 2 is 2.10 bits per heavy atom. The zero-order valence-electron chi connectivity index (χ0n) is 12.1. The van der Waals surface area contributed by atoms with Crippen molar-refractivity contribution >= 4 is 12.1 Å². The van der Waals surface area contributed by atoms with Gasteiger partial charge in [0.2, 0.25) is 0 Å². The normalized spacial score (nSPS) is 12.6. The summed E-state index contributed by atoms with van der Waals surface area (Å²) in [6.45, 7) is 7.01. The zero-order chi connectivity index (χ0) is 15.3. The molecule has 0 aliphatic carbocycles. The molecule has 6 heteroatoms. The summed E-state index contributed by atoms with van der Waals surface area (Å²) in [5.41, 5.74) is 1.03. The lowest BCUT2D eigenvalue weighted by Gasteiger charge is -2.22. The Morgan fingerprint density at radius 3 is 2.60 bits per heavy atom. The number of nitrogens with one attached hydrogen (secondary N) is 1. The minimum atomic E-state index is -1.11. The lowest BCUT2D eigenvalue weighted by Crippen LogP contribution is -2.44. The first kappa shape index (κ1) is 15.9. The van der Waals surface area contributed by atoms with E-state index in [0.29, 0.717) is 0 Å². The number of ether oxygens (including phenoxy) is 1. The molecule has 0 saturated heterocycles. The Balaban J connectivity index is 2.74. The van der Waals surface area contributed by atoms with Crippen LogP contribution in [0.15, 0.2) is 18.5 Å². The molecule has 0 saturated carbocycles. The molecule has 0 aromatic carbocycles. The van der Waals surface area contributed by atoms with E-state index >= 15 is 0 Å². The van der Waals surface area contributed by atoms with Gasteiger partial charge in [0, 0.05) is 18.8 Å². The van der Waals surface area contributed by atoms with Crippen LogP contribution in [-0.2, 0) is 16.0 Å². The van der Waals surface area contributed by atoms with E-state index in [4.69, 9.17) is 4.74 Å². The van der Waals surface area contributed by atoms with Crippen LogP contribution < -0.4 is 5.32 Å². The van der Waals surface area contributed by atoms with Gasteiger partial charge in [-0.3, -0.25) is 4.98 Å². The van der Waals surface area contributed by atoms with Crippen LogP contribution in [0.2, 0.25) is 0 Å². The molecule has 1 aromatic heterocycles. The van der Waals surface area contributed by atoms with E-state index in [0.717, 1.165) is 11.1 Å². The largest absolute Gasteiger partial charge is 0.480 e. The van der Waals surface area contributed by atoms with Gasteiger partial charge in [0.25, 0.3) is 0 Å². The highest BCUT2D eigenvalue weighted by Crippen LogP contribution is 2.10. The second-order valence-corrected chi connectivity index (χ2v) is 5.54. The number of hydrogen-bond acceptors (Lipinski definition) is 4. The smallest absolute Gasteiger partial charge is 0.408 e. The van der Waals surface area contributed by atoms with Crippen LogP contribution in [0.3, 0.4) is 0 Å². The number of aromatic nitrogens is 1. The van der Waals surface area contributed by atoms with Gasteiger partial charge in [0.15, 0.2) is 0 Å².